The summed E-state index contributed by atoms with van der Waals surface area (Å²) in [4.78, 5) is 12.4. The number of aromatic nitrogens is 3. The molecule has 1 amide bonds. The van der Waals surface area contributed by atoms with Crippen molar-refractivity contribution in [2.24, 2.45) is 5.92 Å². The number of carbonyl (C=O) groups excluding carboxylic acids is 1. The average molecular weight is 400 g/mol. The maximum absolute atomic E-state index is 12.4. The Balaban J connectivity index is 1.43. The monoisotopic (exact) mass is 400 g/mol. The number of amides is 1. The van der Waals surface area contributed by atoms with Crippen LogP contribution in [0.4, 0.5) is 5.69 Å². The van der Waals surface area contributed by atoms with Crippen LogP contribution in [0.3, 0.4) is 0 Å². The summed E-state index contributed by atoms with van der Waals surface area (Å²) in [5.74, 6) is 3.10. The highest BCUT2D eigenvalue weighted by Crippen LogP contribution is 2.34. The Morgan fingerprint density at radius 1 is 1.25 bits per heavy atom. The Morgan fingerprint density at radius 2 is 2.11 bits per heavy atom. The third kappa shape index (κ3) is 3.99. The summed E-state index contributed by atoms with van der Waals surface area (Å²) in [7, 11) is 0. The molecule has 28 heavy (non-hydrogen) atoms. The summed E-state index contributed by atoms with van der Waals surface area (Å²) in [5.41, 5.74) is 0.662. The molecule has 0 unspecified atom stereocenters. The summed E-state index contributed by atoms with van der Waals surface area (Å²) in [6.45, 7) is 5.17. The van der Waals surface area contributed by atoms with Crippen LogP contribution in [-0.2, 0) is 11.3 Å². The predicted octanol–water partition coefficient (Wildman–Crippen LogP) is 3.65. The molecule has 0 saturated heterocycles. The highest BCUT2D eigenvalue weighted by molar-refractivity contribution is 7.99. The molecule has 1 aromatic carbocycles. The zero-order chi connectivity index (χ0) is 19.5. The van der Waals surface area contributed by atoms with Crippen molar-refractivity contribution in [1.82, 2.24) is 14.8 Å². The predicted molar refractivity (Wildman–Crippen MR) is 104 cm³/mol. The van der Waals surface area contributed by atoms with Gasteiger partial charge in [-0.25, -0.2) is 0 Å². The molecule has 0 atom stereocenters. The molecule has 9 heteroatoms. The molecule has 0 radical (unpaired) electrons. The quantitative estimate of drug-likeness (QED) is 0.605. The van der Waals surface area contributed by atoms with Crippen LogP contribution in [0.25, 0.3) is 11.6 Å². The summed E-state index contributed by atoms with van der Waals surface area (Å²) in [5, 5.41) is 12.0. The first-order chi connectivity index (χ1) is 13.6. The van der Waals surface area contributed by atoms with E-state index in [1.54, 1.807) is 24.5 Å². The van der Waals surface area contributed by atoms with Gasteiger partial charge in [0.25, 0.3) is 0 Å². The van der Waals surface area contributed by atoms with Crippen molar-refractivity contribution in [3.8, 4) is 23.1 Å². The third-order valence-corrected chi connectivity index (χ3v) is 4.96. The standard InChI is InChI=1S/C19H20N4O4S/c1-12(2)9-23-18(15-4-3-7-25-15)21-22-19(23)28-10-17(24)20-13-5-6-14-16(8-13)27-11-26-14/h3-8,12H,9-11H2,1-2H3,(H,20,24). The molecule has 0 fully saturated rings. The normalized spacial score (nSPS) is 12.5. The van der Waals surface area contributed by atoms with Gasteiger partial charge in [0.2, 0.25) is 12.7 Å². The van der Waals surface area contributed by atoms with E-state index in [1.807, 2.05) is 16.7 Å². The molecule has 1 aliphatic heterocycles. The van der Waals surface area contributed by atoms with E-state index in [-0.39, 0.29) is 18.5 Å². The Kier molecular flexibility index (Phi) is 5.25. The van der Waals surface area contributed by atoms with E-state index in [0.717, 1.165) is 6.54 Å². The van der Waals surface area contributed by atoms with Crippen LogP contribution >= 0.6 is 11.8 Å². The molecular formula is C19H20N4O4S. The van der Waals surface area contributed by atoms with E-state index in [9.17, 15) is 4.79 Å². The molecule has 8 nitrogen and oxygen atoms in total. The van der Waals surface area contributed by atoms with Crippen LogP contribution in [0.5, 0.6) is 11.5 Å². The van der Waals surface area contributed by atoms with Gasteiger partial charge >= 0.3 is 0 Å². The zero-order valence-electron chi connectivity index (χ0n) is 15.5. The number of fused-ring (bicyclic) bond motifs is 1. The second-order valence-corrected chi connectivity index (χ2v) is 7.64. The largest absolute Gasteiger partial charge is 0.461 e. The number of benzene rings is 1. The van der Waals surface area contributed by atoms with Gasteiger partial charge in [0.1, 0.15) is 0 Å². The molecule has 146 valence electrons. The SMILES string of the molecule is CC(C)Cn1c(SCC(=O)Nc2ccc3c(c2)OCO3)nnc1-c1ccco1. The van der Waals surface area contributed by atoms with Gasteiger partial charge in [-0.05, 0) is 30.2 Å². The van der Waals surface area contributed by atoms with Gasteiger partial charge in [-0.15, -0.1) is 10.2 Å². The smallest absolute Gasteiger partial charge is 0.234 e. The Labute approximate surface area is 166 Å². The summed E-state index contributed by atoms with van der Waals surface area (Å²) in [6, 6.07) is 8.98. The van der Waals surface area contributed by atoms with Crippen LogP contribution in [0.1, 0.15) is 13.8 Å². The topological polar surface area (TPSA) is 91.4 Å². The Morgan fingerprint density at radius 3 is 2.89 bits per heavy atom. The fraction of sp³-hybridized carbons (Fsp3) is 0.316. The van der Waals surface area contributed by atoms with Crippen LogP contribution in [0, 0.1) is 5.92 Å². The Hall–Kier alpha value is -2.94. The van der Waals surface area contributed by atoms with Crippen molar-refractivity contribution in [2.75, 3.05) is 17.9 Å². The van der Waals surface area contributed by atoms with Gasteiger partial charge in [0.15, 0.2) is 28.2 Å². The van der Waals surface area contributed by atoms with Gasteiger partial charge in [-0.2, -0.15) is 0 Å². The minimum atomic E-state index is -0.137. The highest BCUT2D eigenvalue weighted by Gasteiger charge is 2.19. The number of carbonyl (C=O) groups is 1. The lowest BCUT2D eigenvalue weighted by Crippen LogP contribution is -2.15. The minimum Gasteiger partial charge on any atom is -0.461 e. The molecule has 0 bridgehead atoms. The van der Waals surface area contributed by atoms with Crippen molar-refractivity contribution in [1.29, 1.82) is 0 Å². The van der Waals surface area contributed by atoms with Gasteiger partial charge in [-0.1, -0.05) is 25.6 Å². The van der Waals surface area contributed by atoms with E-state index < -0.39 is 0 Å². The fourth-order valence-electron chi connectivity index (χ4n) is 2.81. The van der Waals surface area contributed by atoms with E-state index in [2.05, 4.69) is 29.4 Å². The number of furan rings is 1. The number of rotatable bonds is 7. The van der Waals surface area contributed by atoms with Gasteiger partial charge < -0.3 is 19.2 Å². The van der Waals surface area contributed by atoms with Crippen LogP contribution in [0.15, 0.2) is 46.2 Å². The molecule has 1 aliphatic rings. The first-order valence-electron chi connectivity index (χ1n) is 8.89. The van der Waals surface area contributed by atoms with Crippen LogP contribution in [0.2, 0.25) is 0 Å². The maximum atomic E-state index is 12.4. The van der Waals surface area contributed by atoms with E-state index in [0.29, 0.717) is 39.8 Å². The number of thioether (sulfide) groups is 1. The molecule has 0 saturated carbocycles. The molecule has 3 aromatic rings. The van der Waals surface area contributed by atoms with Crippen molar-refractivity contribution in [3.63, 3.8) is 0 Å². The van der Waals surface area contributed by atoms with Crippen LogP contribution in [-0.4, -0.2) is 33.2 Å². The van der Waals surface area contributed by atoms with Gasteiger partial charge in [0, 0.05) is 18.3 Å². The second-order valence-electron chi connectivity index (χ2n) is 6.69. The third-order valence-electron chi connectivity index (χ3n) is 3.99. The number of nitrogens with one attached hydrogen (secondary N) is 1. The first kappa shape index (κ1) is 18.4. The van der Waals surface area contributed by atoms with E-state index in [1.165, 1.54) is 11.8 Å². The highest BCUT2D eigenvalue weighted by atomic mass is 32.2. The zero-order valence-corrected chi connectivity index (χ0v) is 16.4. The first-order valence-corrected chi connectivity index (χ1v) is 9.88. The molecule has 3 heterocycles. The lowest BCUT2D eigenvalue weighted by atomic mass is 10.2. The summed E-state index contributed by atoms with van der Waals surface area (Å²) >= 11 is 1.34. The lowest BCUT2D eigenvalue weighted by molar-refractivity contribution is -0.113. The molecule has 2 aromatic heterocycles. The number of anilines is 1. The fourth-order valence-corrected chi connectivity index (χ4v) is 3.56. The molecular weight excluding hydrogens is 380 g/mol. The van der Waals surface area contributed by atoms with Crippen molar-refractivity contribution >= 4 is 23.4 Å². The van der Waals surface area contributed by atoms with Crippen LogP contribution < -0.4 is 14.8 Å². The van der Waals surface area contributed by atoms with E-state index >= 15 is 0 Å². The Bertz CT molecular complexity index is 968. The maximum Gasteiger partial charge on any atom is 0.234 e. The number of hydrogen-bond acceptors (Lipinski definition) is 7. The second kappa shape index (κ2) is 7.97. The number of hydrogen-bond donors (Lipinski definition) is 1. The molecule has 1 N–H and O–H groups in total. The lowest BCUT2D eigenvalue weighted by Gasteiger charge is -2.11. The van der Waals surface area contributed by atoms with Gasteiger partial charge in [0.05, 0.1) is 12.0 Å². The summed E-state index contributed by atoms with van der Waals surface area (Å²) in [6.07, 6.45) is 1.61. The number of nitrogens with zero attached hydrogens (tertiary/aromatic N) is 3. The summed E-state index contributed by atoms with van der Waals surface area (Å²) < 4.78 is 18.1. The molecule has 0 spiro atoms. The van der Waals surface area contributed by atoms with Crippen molar-refractivity contribution in [2.45, 2.75) is 25.5 Å². The average Bonchev–Trinajstić information content (AvgIpc) is 3.40. The molecule has 4 rings (SSSR count). The van der Waals surface area contributed by atoms with Gasteiger partial charge in [-0.3, -0.25) is 9.36 Å². The van der Waals surface area contributed by atoms with E-state index in [4.69, 9.17) is 13.9 Å². The minimum absolute atomic E-state index is 0.137. The molecule has 0 aliphatic carbocycles. The van der Waals surface area contributed by atoms with Crippen molar-refractivity contribution < 1.29 is 18.7 Å². The number of ether oxygens (including phenoxy) is 2. The van der Waals surface area contributed by atoms with Crippen molar-refractivity contribution in [3.05, 3.63) is 36.6 Å².